The first-order chi connectivity index (χ1) is 19.7. The minimum atomic E-state index is -0.595. The van der Waals surface area contributed by atoms with Crippen molar-refractivity contribution in [3.8, 4) is 11.8 Å². The molecule has 2 heterocycles. The van der Waals surface area contributed by atoms with E-state index in [0.717, 1.165) is 70.8 Å². The second-order valence-electron chi connectivity index (χ2n) is 11.5. The molecule has 0 spiro atoms. The van der Waals surface area contributed by atoms with Crippen molar-refractivity contribution in [1.29, 1.82) is 0 Å². The van der Waals surface area contributed by atoms with Crippen molar-refractivity contribution < 1.29 is 14.9 Å². The van der Waals surface area contributed by atoms with E-state index < -0.39 is 5.54 Å². The maximum atomic E-state index is 12.8. The van der Waals surface area contributed by atoms with Crippen LogP contribution in [0.15, 0.2) is 34.6 Å². The van der Waals surface area contributed by atoms with E-state index in [1.807, 2.05) is 20.8 Å². The van der Waals surface area contributed by atoms with Gasteiger partial charge in [0.1, 0.15) is 0 Å². The minimum Gasteiger partial charge on any atom is -0.493 e. The predicted molar refractivity (Wildman–Crippen MR) is 166 cm³/mol. The maximum Gasteiger partial charge on any atom is 0.331 e. The number of allylic oxidation sites excluding steroid dienone is 1. The highest BCUT2D eigenvalue weighted by molar-refractivity contribution is 5.15. The SMILES string of the molecule is C=CC(CC)(CCCCOCCCCC(CC)(CC)CCCCn1c(O)cn(CC)c1=O)n1c(O)cn(CC)c1=O. The average Bonchev–Trinajstić information content (AvgIpc) is 3.44. The molecule has 2 aromatic rings. The lowest BCUT2D eigenvalue weighted by Gasteiger charge is -2.32. The Balaban J connectivity index is 1.70. The van der Waals surface area contributed by atoms with Crippen molar-refractivity contribution in [3.63, 3.8) is 0 Å². The molecule has 9 nitrogen and oxygen atoms in total. The van der Waals surface area contributed by atoms with Crippen molar-refractivity contribution in [2.75, 3.05) is 13.2 Å². The fraction of sp³-hybridized carbons (Fsp3) is 0.750. The monoisotopic (exact) mass is 576 g/mol. The van der Waals surface area contributed by atoms with Gasteiger partial charge in [-0.05, 0) is 70.6 Å². The Morgan fingerprint density at radius 2 is 1.29 bits per heavy atom. The van der Waals surface area contributed by atoms with Gasteiger partial charge in [-0.25, -0.2) is 9.59 Å². The number of unbranched alkanes of at least 4 members (excludes halogenated alkanes) is 3. The molecule has 0 aliphatic carbocycles. The lowest BCUT2D eigenvalue weighted by atomic mass is 9.74. The Labute approximate surface area is 246 Å². The number of aryl methyl sites for hydroxylation is 2. The minimum absolute atomic E-state index is 0.00783. The molecule has 41 heavy (non-hydrogen) atoms. The van der Waals surface area contributed by atoms with E-state index in [0.29, 0.717) is 38.1 Å². The quantitative estimate of drug-likeness (QED) is 0.125. The molecule has 1 unspecified atom stereocenters. The number of nitrogens with zero attached hydrogens (tertiary/aromatic N) is 4. The molecular weight excluding hydrogens is 520 g/mol. The number of aromatic hydroxyl groups is 2. The first kappa shape index (κ1) is 34.5. The summed E-state index contributed by atoms with van der Waals surface area (Å²) in [6.07, 6.45) is 16.7. The lowest BCUT2D eigenvalue weighted by Crippen LogP contribution is -2.39. The van der Waals surface area contributed by atoms with Crippen LogP contribution in [0.3, 0.4) is 0 Å². The molecular formula is C32H56N4O5. The fourth-order valence-corrected chi connectivity index (χ4v) is 6.16. The van der Waals surface area contributed by atoms with Crippen LogP contribution in [0.2, 0.25) is 0 Å². The largest absolute Gasteiger partial charge is 0.493 e. The highest BCUT2D eigenvalue weighted by Gasteiger charge is 2.31. The van der Waals surface area contributed by atoms with Crippen LogP contribution < -0.4 is 11.4 Å². The van der Waals surface area contributed by atoms with Gasteiger partial charge in [0.15, 0.2) is 0 Å². The zero-order valence-electron chi connectivity index (χ0n) is 26.4. The van der Waals surface area contributed by atoms with Crippen molar-refractivity contribution in [2.45, 2.75) is 137 Å². The number of ether oxygens (including phenoxy) is 1. The van der Waals surface area contributed by atoms with E-state index in [4.69, 9.17) is 4.74 Å². The van der Waals surface area contributed by atoms with Gasteiger partial charge in [0, 0.05) is 32.8 Å². The summed E-state index contributed by atoms with van der Waals surface area (Å²) in [4.78, 5) is 25.1. The second-order valence-corrected chi connectivity index (χ2v) is 11.5. The van der Waals surface area contributed by atoms with Gasteiger partial charge in [0.05, 0.1) is 17.9 Å². The van der Waals surface area contributed by atoms with Crippen LogP contribution in [0.4, 0.5) is 0 Å². The first-order valence-electron chi connectivity index (χ1n) is 15.9. The van der Waals surface area contributed by atoms with Crippen LogP contribution in [0.25, 0.3) is 0 Å². The maximum absolute atomic E-state index is 12.8. The van der Waals surface area contributed by atoms with Gasteiger partial charge >= 0.3 is 11.4 Å². The number of hydrogen-bond donors (Lipinski definition) is 2. The molecule has 0 saturated carbocycles. The van der Waals surface area contributed by atoms with Gasteiger partial charge in [-0.1, -0.05) is 52.5 Å². The van der Waals surface area contributed by atoms with Gasteiger partial charge in [0.2, 0.25) is 11.8 Å². The second kappa shape index (κ2) is 16.7. The smallest absolute Gasteiger partial charge is 0.331 e. The summed E-state index contributed by atoms with van der Waals surface area (Å²) >= 11 is 0. The van der Waals surface area contributed by atoms with E-state index in [1.54, 1.807) is 10.6 Å². The number of rotatable bonds is 22. The third kappa shape index (κ3) is 8.66. The standard InChI is InChI=1S/C32H56N4O5/c1-7-31(8-2,19-13-16-22-35-27(37)25-33(11-5)29(35)39)20-14-17-23-41-24-18-15-21-32(9-3,10-4)36-28(38)26-34(12-6)30(36)40/h9,25-26,37-38H,3,7-8,10-24H2,1-2,4-6H3. The van der Waals surface area contributed by atoms with E-state index in [1.165, 1.54) is 32.5 Å². The topological polar surface area (TPSA) is 104 Å². The lowest BCUT2D eigenvalue weighted by molar-refractivity contribution is 0.116. The van der Waals surface area contributed by atoms with Gasteiger partial charge in [-0.3, -0.25) is 18.3 Å². The average molecular weight is 577 g/mol. The highest BCUT2D eigenvalue weighted by atomic mass is 16.5. The van der Waals surface area contributed by atoms with E-state index in [2.05, 4.69) is 20.4 Å². The van der Waals surface area contributed by atoms with Crippen molar-refractivity contribution in [3.05, 3.63) is 46.0 Å². The summed E-state index contributed by atoms with van der Waals surface area (Å²) in [6.45, 7) is 17.4. The summed E-state index contributed by atoms with van der Waals surface area (Å²) in [5.41, 5.74) is -0.604. The van der Waals surface area contributed by atoms with Crippen molar-refractivity contribution in [1.82, 2.24) is 18.3 Å². The summed E-state index contributed by atoms with van der Waals surface area (Å²) in [5.74, 6) is 0.0486. The Kier molecular flexibility index (Phi) is 14.0. The molecule has 2 N–H and O–H groups in total. The van der Waals surface area contributed by atoms with Crippen LogP contribution in [-0.2, 0) is 29.9 Å². The summed E-state index contributed by atoms with van der Waals surface area (Å²) < 4.78 is 12.0. The zero-order valence-corrected chi connectivity index (χ0v) is 26.4. The third-order valence-corrected chi connectivity index (χ3v) is 9.31. The Hall–Kier alpha value is -2.68. The molecule has 234 valence electrons. The van der Waals surface area contributed by atoms with Gasteiger partial charge in [-0.2, -0.15) is 0 Å². The number of imidazole rings is 2. The van der Waals surface area contributed by atoms with Crippen LogP contribution in [0.1, 0.15) is 112 Å². The van der Waals surface area contributed by atoms with Crippen LogP contribution in [0.5, 0.6) is 11.8 Å². The van der Waals surface area contributed by atoms with E-state index in [9.17, 15) is 19.8 Å². The number of hydrogen-bond acceptors (Lipinski definition) is 5. The Bertz CT molecular complexity index is 1170. The van der Waals surface area contributed by atoms with Crippen molar-refractivity contribution >= 4 is 0 Å². The third-order valence-electron chi connectivity index (χ3n) is 9.31. The molecule has 1 atom stereocenters. The predicted octanol–water partition coefficient (Wildman–Crippen LogP) is 6.39. The Morgan fingerprint density at radius 3 is 1.78 bits per heavy atom. The molecule has 0 aromatic carbocycles. The van der Waals surface area contributed by atoms with Gasteiger partial charge < -0.3 is 14.9 Å². The van der Waals surface area contributed by atoms with Gasteiger partial charge in [0.25, 0.3) is 0 Å². The summed E-state index contributed by atoms with van der Waals surface area (Å²) in [5, 5.41) is 20.5. The van der Waals surface area contributed by atoms with E-state index in [-0.39, 0.29) is 23.1 Å². The van der Waals surface area contributed by atoms with E-state index >= 15 is 0 Å². The van der Waals surface area contributed by atoms with Gasteiger partial charge in [-0.15, -0.1) is 6.58 Å². The van der Waals surface area contributed by atoms with Crippen LogP contribution in [0, 0.1) is 5.41 Å². The van der Waals surface area contributed by atoms with Crippen LogP contribution in [-0.4, -0.2) is 41.7 Å². The first-order valence-corrected chi connectivity index (χ1v) is 15.9. The summed E-state index contributed by atoms with van der Waals surface area (Å²) in [6, 6.07) is 0. The Morgan fingerprint density at radius 1 is 0.756 bits per heavy atom. The zero-order chi connectivity index (χ0) is 30.5. The molecule has 0 fully saturated rings. The molecule has 0 amide bonds. The highest BCUT2D eigenvalue weighted by Crippen LogP contribution is 2.38. The molecule has 0 saturated heterocycles. The fourth-order valence-electron chi connectivity index (χ4n) is 6.16. The molecule has 0 radical (unpaired) electrons. The molecule has 0 bridgehead atoms. The molecule has 0 aliphatic heterocycles. The molecule has 2 aromatic heterocycles. The molecule has 0 aliphatic rings. The van der Waals surface area contributed by atoms with Crippen LogP contribution >= 0.6 is 0 Å². The normalized spacial score (nSPS) is 13.5. The molecule has 9 heteroatoms. The molecule has 2 rings (SSSR count). The summed E-state index contributed by atoms with van der Waals surface area (Å²) in [7, 11) is 0. The number of aromatic nitrogens is 4. The van der Waals surface area contributed by atoms with Crippen molar-refractivity contribution in [2.24, 2.45) is 5.41 Å².